The molecule has 0 spiro atoms. The first-order chi connectivity index (χ1) is 7.33. The average molecular weight is 263 g/mol. The predicted molar refractivity (Wildman–Crippen MR) is 56.2 cm³/mol. The molecule has 0 aliphatic rings. The lowest BCUT2D eigenvalue weighted by Gasteiger charge is -2.14. The number of halogens is 1. The molecule has 16 heavy (non-hydrogen) atoms. The van der Waals surface area contributed by atoms with Crippen molar-refractivity contribution in [1.82, 2.24) is 4.72 Å². The molecule has 0 amide bonds. The first kappa shape index (κ1) is 13.0. The van der Waals surface area contributed by atoms with Crippen molar-refractivity contribution in [3.63, 3.8) is 0 Å². The second kappa shape index (κ2) is 4.82. The third kappa shape index (κ3) is 3.19. The van der Waals surface area contributed by atoms with Crippen LogP contribution in [0.25, 0.3) is 0 Å². The summed E-state index contributed by atoms with van der Waals surface area (Å²) in [4.78, 5) is 10.4. The van der Waals surface area contributed by atoms with Crippen LogP contribution in [0.4, 0.5) is 0 Å². The number of aliphatic carboxylic acids is 1. The van der Waals surface area contributed by atoms with Gasteiger partial charge in [0, 0.05) is 5.02 Å². The fourth-order valence-electron chi connectivity index (χ4n) is 0.963. The first-order valence-electron chi connectivity index (χ1n) is 4.31. The molecule has 0 aromatic heterocycles. The van der Waals surface area contributed by atoms with E-state index >= 15 is 0 Å². The summed E-state index contributed by atoms with van der Waals surface area (Å²) in [6.07, 6.45) is 0. The van der Waals surface area contributed by atoms with Crippen LogP contribution in [0.15, 0.2) is 29.2 Å². The number of rotatable bonds is 4. The lowest BCUT2D eigenvalue weighted by atomic mass is 10.4. The summed E-state index contributed by atoms with van der Waals surface area (Å²) in [5.74, 6) is -1.49. The molecule has 5 nitrogen and oxygen atoms in total. The van der Waals surface area contributed by atoms with Crippen LogP contribution in [0.2, 0.25) is 5.02 Å². The van der Waals surface area contributed by atoms with Gasteiger partial charge in [0.25, 0.3) is 0 Å². The lowest BCUT2D eigenvalue weighted by Crippen LogP contribution is -2.45. The van der Waals surface area contributed by atoms with Crippen molar-refractivity contribution in [3.8, 4) is 0 Å². The van der Waals surface area contributed by atoms with Crippen molar-refractivity contribution in [2.45, 2.75) is 17.9 Å². The molecule has 0 unspecified atom stereocenters. The minimum atomic E-state index is -3.85. The largest absolute Gasteiger partial charge is 0.548 e. The summed E-state index contributed by atoms with van der Waals surface area (Å²) in [6, 6.07) is 4.08. The van der Waals surface area contributed by atoms with E-state index in [1.54, 1.807) is 0 Å². The number of carboxylic acid groups (broad SMARTS) is 1. The first-order valence-corrected chi connectivity index (χ1v) is 6.18. The minimum Gasteiger partial charge on any atom is -0.548 e. The van der Waals surface area contributed by atoms with E-state index in [9.17, 15) is 18.3 Å². The molecule has 1 aromatic rings. The summed E-state index contributed by atoms with van der Waals surface area (Å²) in [7, 11) is -3.85. The fraction of sp³-hybridized carbons (Fsp3) is 0.222. The highest BCUT2D eigenvalue weighted by atomic mass is 35.5. The van der Waals surface area contributed by atoms with Crippen LogP contribution in [0.1, 0.15) is 6.92 Å². The summed E-state index contributed by atoms with van der Waals surface area (Å²) in [6.45, 7) is 1.18. The Hall–Kier alpha value is -1.11. The van der Waals surface area contributed by atoms with Crippen LogP contribution in [0, 0.1) is 0 Å². The Bertz CT molecular complexity index is 483. The van der Waals surface area contributed by atoms with E-state index in [-0.39, 0.29) is 4.90 Å². The van der Waals surface area contributed by atoms with Crippen molar-refractivity contribution in [3.05, 3.63) is 29.3 Å². The number of carbonyl (C=O) groups is 1. The molecule has 0 bridgehead atoms. The van der Waals surface area contributed by atoms with Crippen LogP contribution in [-0.2, 0) is 14.8 Å². The Morgan fingerprint density at radius 2 is 1.88 bits per heavy atom. The van der Waals surface area contributed by atoms with Gasteiger partial charge in [0.15, 0.2) is 0 Å². The number of sulfonamides is 1. The number of hydrogen-bond acceptors (Lipinski definition) is 4. The van der Waals surface area contributed by atoms with E-state index in [1.165, 1.54) is 31.2 Å². The minimum absolute atomic E-state index is 0.0509. The van der Waals surface area contributed by atoms with Gasteiger partial charge in [0.05, 0.1) is 16.9 Å². The Labute approximate surface area is 98.1 Å². The van der Waals surface area contributed by atoms with E-state index in [4.69, 9.17) is 11.6 Å². The van der Waals surface area contributed by atoms with Crippen molar-refractivity contribution in [1.29, 1.82) is 0 Å². The molecule has 0 heterocycles. The van der Waals surface area contributed by atoms with Crippen molar-refractivity contribution in [2.24, 2.45) is 0 Å². The highest BCUT2D eigenvalue weighted by Gasteiger charge is 2.17. The Morgan fingerprint density at radius 3 is 2.31 bits per heavy atom. The molecule has 0 saturated carbocycles. The van der Waals surface area contributed by atoms with Crippen LogP contribution in [0.3, 0.4) is 0 Å². The Kier molecular flexibility index (Phi) is 3.90. The zero-order chi connectivity index (χ0) is 12.3. The van der Waals surface area contributed by atoms with E-state index in [0.29, 0.717) is 5.02 Å². The molecule has 0 aliphatic carbocycles. The van der Waals surface area contributed by atoms with E-state index < -0.39 is 22.0 Å². The molecule has 0 fully saturated rings. The van der Waals surface area contributed by atoms with Gasteiger partial charge in [-0.05, 0) is 31.2 Å². The zero-order valence-electron chi connectivity index (χ0n) is 8.31. The lowest BCUT2D eigenvalue weighted by molar-refractivity contribution is -0.307. The number of hydrogen-bond donors (Lipinski definition) is 1. The van der Waals surface area contributed by atoms with Crippen molar-refractivity contribution < 1.29 is 18.3 Å². The molecule has 1 N–H and O–H groups in total. The molecular formula is C9H9ClNO4S-. The molecule has 7 heteroatoms. The van der Waals surface area contributed by atoms with E-state index in [1.807, 2.05) is 4.72 Å². The monoisotopic (exact) mass is 262 g/mol. The van der Waals surface area contributed by atoms with Gasteiger partial charge in [0.1, 0.15) is 0 Å². The highest BCUT2D eigenvalue weighted by Crippen LogP contribution is 2.13. The number of carboxylic acids is 1. The zero-order valence-corrected chi connectivity index (χ0v) is 9.88. The van der Waals surface area contributed by atoms with Gasteiger partial charge >= 0.3 is 0 Å². The number of benzene rings is 1. The number of carbonyl (C=O) groups excluding carboxylic acids is 1. The molecule has 0 radical (unpaired) electrons. The van der Waals surface area contributed by atoms with Gasteiger partial charge in [-0.3, -0.25) is 0 Å². The van der Waals surface area contributed by atoms with Crippen molar-refractivity contribution >= 4 is 27.6 Å². The molecule has 0 aliphatic heterocycles. The topological polar surface area (TPSA) is 86.3 Å². The SMILES string of the molecule is C[C@H](NS(=O)(=O)c1ccc(Cl)cc1)C(=O)[O-]. The van der Waals surface area contributed by atoms with Crippen LogP contribution in [-0.4, -0.2) is 20.4 Å². The van der Waals surface area contributed by atoms with Gasteiger partial charge in [-0.1, -0.05) is 11.6 Å². The van der Waals surface area contributed by atoms with Crippen LogP contribution < -0.4 is 9.83 Å². The number of nitrogens with one attached hydrogen (secondary N) is 1. The average Bonchev–Trinajstić information content (AvgIpc) is 2.17. The Morgan fingerprint density at radius 1 is 1.38 bits per heavy atom. The van der Waals surface area contributed by atoms with E-state index in [0.717, 1.165) is 0 Å². The van der Waals surface area contributed by atoms with Crippen LogP contribution in [0.5, 0.6) is 0 Å². The summed E-state index contributed by atoms with van der Waals surface area (Å²) < 4.78 is 25.2. The Balaban J connectivity index is 2.94. The normalized spacial score (nSPS) is 13.4. The summed E-state index contributed by atoms with van der Waals surface area (Å²) in [5.41, 5.74) is 0. The summed E-state index contributed by atoms with van der Waals surface area (Å²) in [5, 5.41) is 10.8. The molecule has 1 aromatic carbocycles. The third-order valence-electron chi connectivity index (χ3n) is 1.81. The maximum atomic E-state index is 11.6. The van der Waals surface area contributed by atoms with Gasteiger partial charge in [0.2, 0.25) is 10.0 Å². The molecular weight excluding hydrogens is 254 g/mol. The summed E-state index contributed by atoms with van der Waals surface area (Å²) >= 11 is 5.60. The molecule has 0 saturated heterocycles. The van der Waals surface area contributed by atoms with Crippen molar-refractivity contribution in [2.75, 3.05) is 0 Å². The quantitative estimate of drug-likeness (QED) is 0.811. The second-order valence-electron chi connectivity index (χ2n) is 3.12. The highest BCUT2D eigenvalue weighted by molar-refractivity contribution is 7.89. The molecule has 88 valence electrons. The molecule has 1 atom stereocenters. The predicted octanol–water partition coefficient (Wildman–Crippen LogP) is -0.243. The smallest absolute Gasteiger partial charge is 0.241 e. The fourth-order valence-corrected chi connectivity index (χ4v) is 2.28. The third-order valence-corrected chi connectivity index (χ3v) is 3.62. The maximum absolute atomic E-state index is 11.6. The van der Waals surface area contributed by atoms with Gasteiger partial charge < -0.3 is 9.90 Å². The maximum Gasteiger partial charge on any atom is 0.241 e. The second-order valence-corrected chi connectivity index (χ2v) is 5.27. The van der Waals surface area contributed by atoms with Gasteiger partial charge in [-0.25, -0.2) is 13.1 Å². The van der Waals surface area contributed by atoms with Crippen LogP contribution >= 0.6 is 11.6 Å². The van der Waals surface area contributed by atoms with Gasteiger partial charge in [-0.15, -0.1) is 0 Å². The van der Waals surface area contributed by atoms with Gasteiger partial charge in [-0.2, -0.15) is 0 Å². The standard InChI is InChI=1S/C9H10ClNO4S/c1-6(9(12)13)11-16(14,15)8-4-2-7(10)3-5-8/h2-6,11H,1H3,(H,12,13)/p-1/t6-/m0/s1. The molecule has 1 rings (SSSR count). The van der Waals surface area contributed by atoms with E-state index in [2.05, 4.69) is 0 Å².